The van der Waals surface area contributed by atoms with Gasteiger partial charge in [-0.15, -0.1) is 0 Å². The van der Waals surface area contributed by atoms with E-state index in [1.165, 1.54) is 9.79 Å². The van der Waals surface area contributed by atoms with Crippen molar-refractivity contribution in [1.29, 1.82) is 0 Å². The number of aliphatic carboxylic acids is 1. The monoisotopic (exact) mass is 300 g/mol. The van der Waals surface area contributed by atoms with Crippen molar-refractivity contribution in [2.24, 2.45) is 0 Å². The van der Waals surface area contributed by atoms with Crippen LogP contribution in [0, 0.1) is 0 Å². The molecule has 2 aromatic rings. The number of rotatable bonds is 2. The van der Waals surface area contributed by atoms with Gasteiger partial charge >= 0.3 is 12.1 Å². The number of benzene rings is 2. The fourth-order valence-electron chi connectivity index (χ4n) is 1.11. The molecule has 0 heterocycles. The first-order valence-electron chi connectivity index (χ1n) is 5.47. The lowest BCUT2D eigenvalue weighted by molar-refractivity contribution is -0.192. The molecule has 0 aliphatic rings. The Labute approximate surface area is 118 Å². The van der Waals surface area contributed by atoms with Gasteiger partial charge < -0.3 is 5.11 Å². The van der Waals surface area contributed by atoms with Gasteiger partial charge in [0.1, 0.15) is 0 Å². The highest BCUT2D eigenvalue weighted by Crippen LogP contribution is 2.26. The topological polar surface area (TPSA) is 37.3 Å². The molecule has 0 amide bonds. The van der Waals surface area contributed by atoms with Gasteiger partial charge in [0.15, 0.2) is 0 Å². The van der Waals surface area contributed by atoms with E-state index < -0.39 is 12.1 Å². The van der Waals surface area contributed by atoms with E-state index in [2.05, 4.69) is 48.5 Å². The molecule has 0 atom stereocenters. The van der Waals surface area contributed by atoms with Gasteiger partial charge in [-0.2, -0.15) is 13.2 Å². The van der Waals surface area contributed by atoms with Crippen molar-refractivity contribution in [1.82, 2.24) is 0 Å². The molecule has 1 N–H and O–H groups in total. The number of halogens is 3. The van der Waals surface area contributed by atoms with Crippen molar-refractivity contribution in [2.45, 2.75) is 16.0 Å². The molecule has 0 bridgehead atoms. The molecule has 106 valence electrons. The Kier molecular flexibility index (Phi) is 6.11. The van der Waals surface area contributed by atoms with Gasteiger partial charge in [0, 0.05) is 9.79 Å². The van der Waals surface area contributed by atoms with Crippen LogP contribution in [0.4, 0.5) is 13.2 Å². The third-order valence-corrected chi connectivity index (χ3v) is 2.98. The molecule has 2 rings (SSSR count). The maximum absolute atomic E-state index is 10.6. The van der Waals surface area contributed by atoms with Gasteiger partial charge in [0.2, 0.25) is 0 Å². The van der Waals surface area contributed by atoms with Gasteiger partial charge in [0.05, 0.1) is 0 Å². The van der Waals surface area contributed by atoms with E-state index in [0.29, 0.717) is 0 Å². The molecule has 0 spiro atoms. The Bertz CT molecular complexity index is 490. The minimum Gasteiger partial charge on any atom is -0.475 e. The van der Waals surface area contributed by atoms with Gasteiger partial charge in [-0.25, -0.2) is 4.79 Å². The standard InChI is InChI=1S/C12H10S.C2HF3O2/c1-3-7-11(8-4-1)13-12-9-5-2-6-10-12;3-2(4,5)1(6)7/h1-10H;(H,6,7). The molecule has 20 heavy (non-hydrogen) atoms. The van der Waals surface area contributed by atoms with Crippen LogP contribution in [-0.4, -0.2) is 17.3 Å². The highest BCUT2D eigenvalue weighted by atomic mass is 32.2. The van der Waals surface area contributed by atoms with Crippen LogP contribution < -0.4 is 0 Å². The van der Waals surface area contributed by atoms with Gasteiger partial charge in [0.25, 0.3) is 0 Å². The van der Waals surface area contributed by atoms with Crippen LogP contribution in [0.3, 0.4) is 0 Å². The first kappa shape index (κ1) is 16.1. The second kappa shape index (κ2) is 7.59. The molecule has 0 aliphatic heterocycles. The number of hydrogen-bond acceptors (Lipinski definition) is 2. The molecule has 2 nitrogen and oxygen atoms in total. The van der Waals surface area contributed by atoms with Crippen LogP contribution in [0.5, 0.6) is 0 Å². The minimum absolute atomic E-state index is 1.29. The van der Waals surface area contributed by atoms with Gasteiger partial charge in [-0.3, -0.25) is 0 Å². The molecular weight excluding hydrogens is 289 g/mol. The second-order valence-electron chi connectivity index (χ2n) is 3.53. The van der Waals surface area contributed by atoms with Crippen molar-refractivity contribution in [2.75, 3.05) is 0 Å². The van der Waals surface area contributed by atoms with Crippen molar-refractivity contribution in [3.8, 4) is 0 Å². The summed E-state index contributed by atoms with van der Waals surface area (Å²) in [7, 11) is 0. The maximum Gasteiger partial charge on any atom is 0.490 e. The highest BCUT2D eigenvalue weighted by Gasteiger charge is 2.38. The fourth-order valence-corrected chi connectivity index (χ4v) is 1.97. The van der Waals surface area contributed by atoms with Crippen LogP contribution in [0.25, 0.3) is 0 Å². The predicted molar refractivity (Wildman–Crippen MR) is 70.7 cm³/mol. The number of carboxylic acid groups (broad SMARTS) is 1. The summed E-state index contributed by atoms with van der Waals surface area (Å²) in [6, 6.07) is 20.8. The van der Waals surface area contributed by atoms with E-state index in [9.17, 15) is 13.2 Å². The van der Waals surface area contributed by atoms with Crippen LogP contribution in [0.2, 0.25) is 0 Å². The molecular formula is C14H11F3O2S. The molecule has 2 aromatic carbocycles. The lowest BCUT2D eigenvalue weighted by Crippen LogP contribution is -2.21. The summed E-state index contributed by atoms with van der Waals surface area (Å²) in [5, 5.41) is 7.12. The number of carboxylic acids is 1. The van der Waals surface area contributed by atoms with Gasteiger partial charge in [-0.05, 0) is 24.3 Å². The summed E-state index contributed by atoms with van der Waals surface area (Å²) >= 11 is 1.79. The smallest absolute Gasteiger partial charge is 0.475 e. The molecule has 0 saturated carbocycles. The zero-order valence-electron chi connectivity index (χ0n) is 10.2. The molecule has 0 saturated heterocycles. The second-order valence-corrected chi connectivity index (χ2v) is 4.68. The molecule has 0 unspecified atom stereocenters. The van der Waals surface area contributed by atoms with Crippen LogP contribution in [-0.2, 0) is 4.79 Å². The Balaban J connectivity index is 0.000000246. The molecule has 0 radical (unpaired) electrons. The quantitative estimate of drug-likeness (QED) is 0.889. The van der Waals surface area contributed by atoms with Crippen LogP contribution in [0.15, 0.2) is 70.5 Å². The van der Waals surface area contributed by atoms with Crippen LogP contribution >= 0.6 is 11.8 Å². The fraction of sp³-hybridized carbons (Fsp3) is 0.0714. The van der Waals surface area contributed by atoms with Crippen molar-refractivity contribution < 1.29 is 23.1 Å². The Morgan fingerprint density at radius 1 is 0.850 bits per heavy atom. The minimum atomic E-state index is -5.08. The SMILES string of the molecule is O=C(O)C(F)(F)F.c1ccc(Sc2ccccc2)cc1. The zero-order chi connectivity index (χ0) is 15.0. The first-order chi connectivity index (χ1) is 9.39. The third kappa shape index (κ3) is 6.29. The lowest BCUT2D eigenvalue weighted by Gasteiger charge is -1.99. The number of carbonyl (C=O) groups is 1. The van der Waals surface area contributed by atoms with E-state index in [-0.39, 0.29) is 0 Å². The van der Waals surface area contributed by atoms with Crippen molar-refractivity contribution in [3.63, 3.8) is 0 Å². The lowest BCUT2D eigenvalue weighted by atomic mass is 10.4. The third-order valence-electron chi connectivity index (χ3n) is 1.96. The van der Waals surface area contributed by atoms with E-state index in [1.54, 1.807) is 11.8 Å². The normalized spacial score (nSPS) is 10.3. The first-order valence-corrected chi connectivity index (χ1v) is 6.29. The average molecular weight is 300 g/mol. The molecule has 6 heteroatoms. The molecule has 0 aliphatic carbocycles. The Hall–Kier alpha value is -1.95. The zero-order valence-corrected chi connectivity index (χ0v) is 11.0. The Morgan fingerprint density at radius 2 is 1.15 bits per heavy atom. The molecule has 0 aromatic heterocycles. The predicted octanol–water partition coefficient (Wildman–Crippen LogP) is 4.47. The van der Waals surface area contributed by atoms with Gasteiger partial charge in [-0.1, -0.05) is 48.2 Å². The van der Waals surface area contributed by atoms with E-state index in [1.807, 2.05) is 12.1 Å². The summed E-state index contributed by atoms with van der Waals surface area (Å²) in [6.07, 6.45) is -5.08. The van der Waals surface area contributed by atoms with Crippen molar-refractivity contribution >= 4 is 17.7 Å². The highest BCUT2D eigenvalue weighted by molar-refractivity contribution is 7.99. The van der Waals surface area contributed by atoms with Crippen molar-refractivity contribution in [3.05, 3.63) is 60.7 Å². The summed E-state index contributed by atoms with van der Waals surface area (Å²) in [4.78, 5) is 11.5. The number of hydrogen-bond donors (Lipinski definition) is 1. The van der Waals surface area contributed by atoms with E-state index in [4.69, 9.17) is 9.90 Å². The summed E-state index contributed by atoms with van der Waals surface area (Å²) in [5.74, 6) is -2.76. The largest absolute Gasteiger partial charge is 0.490 e. The number of alkyl halides is 3. The average Bonchev–Trinajstić information content (AvgIpc) is 2.40. The summed E-state index contributed by atoms with van der Waals surface area (Å²) < 4.78 is 31.7. The summed E-state index contributed by atoms with van der Waals surface area (Å²) in [5.41, 5.74) is 0. The Morgan fingerprint density at radius 3 is 1.40 bits per heavy atom. The van der Waals surface area contributed by atoms with Crippen LogP contribution in [0.1, 0.15) is 0 Å². The summed E-state index contributed by atoms with van der Waals surface area (Å²) in [6.45, 7) is 0. The van der Waals surface area contributed by atoms with E-state index >= 15 is 0 Å². The molecule has 0 fully saturated rings. The van der Waals surface area contributed by atoms with E-state index in [0.717, 1.165) is 0 Å². The maximum atomic E-state index is 10.6.